The summed E-state index contributed by atoms with van der Waals surface area (Å²) in [6.07, 6.45) is 0.742. The van der Waals surface area contributed by atoms with Crippen LogP contribution in [0.3, 0.4) is 0 Å². The van der Waals surface area contributed by atoms with Gasteiger partial charge in [0.2, 0.25) is 0 Å². The van der Waals surface area contributed by atoms with Gasteiger partial charge in [0, 0.05) is 20.2 Å². The van der Waals surface area contributed by atoms with Gasteiger partial charge in [-0.3, -0.25) is 5.43 Å². The number of carbonyl (C=O) groups is 1. The Hall–Kier alpha value is -0.810. The first-order valence-electron chi connectivity index (χ1n) is 5.18. The lowest BCUT2D eigenvalue weighted by Gasteiger charge is -2.23. The minimum Gasteiger partial charge on any atom is -0.443 e. The highest BCUT2D eigenvalue weighted by Crippen LogP contribution is 2.11. The molecule has 0 aromatic heterocycles. The van der Waals surface area contributed by atoms with Crippen LogP contribution in [-0.2, 0) is 9.47 Å². The summed E-state index contributed by atoms with van der Waals surface area (Å²) in [5, 5.41) is 1.82. The zero-order chi connectivity index (χ0) is 11.5. The molecule has 1 aliphatic heterocycles. The summed E-state index contributed by atoms with van der Waals surface area (Å²) in [5.74, 6) is 0. The first-order valence-corrected chi connectivity index (χ1v) is 5.18. The summed E-state index contributed by atoms with van der Waals surface area (Å²) in [6.45, 7) is 7.05. The fourth-order valence-corrected chi connectivity index (χ4v) is 1.45. The smallest absolute Gasteiger partial charge is 0.422 e. The van der Waals surface area contributed by atoms with Crippen LogP contribution < -0.4 is 5.43 Å². The van der Waals surface area contributed by atoms with E-state index in [2.05, 4.69) is 5.43 Å². The maximum Gasteiger partial charge on any atom is 0.422 e. The Morgan fingerprint density at radius 1 is 1.47 bits per heavy atom. The number of carbonyl (C=O) groups excluding carboxylic acids is 1. The standard InChI is InChI=1S/C10H20N2O3/c1-10(2,3)15-9(13)11-12-6-5-8(7-12)14-4/h8H,5-7H2,1-4H3,(H,11,13). The molecule has 1 aliphatic rings. The number of nitrogens with zero attached hydrogens (tertiary/aromatic N) is 1. The first-order chi connectivity index (χ1) is 6.90. The lowest BCUT2D eigenvalue weighted by atomic mass is 10.2. The third kappa shape index (κ3) is 4.48. The maximum atomic E-state index is 11.4. The highest BCUT2D eigenvalue weighted by atomic mass is 16.6. The van der Waals surface area contributed by atoms with Crippen molar-refractivity contribution in [2.24, 2.45) is 0 Å². The van der Waals surface area contributed by atoms with Crippen molar-refractivity contribution < 1.29 is 14.3 Å². The summed E-state index contributed by atoms with van der Waals surface area (Å²) < 4.78 is 10.3. The molecule has 1 N–H and O–H groups in total. The number of hydrogen-bond acceptors (Lipinski definition) is 4. The Balaban J connectivity index is 2.28. The van der Waals surface area contributed by atoms with Crippen LogP contribution in [0.5, 0.6) is 0 Å². The van der Waals surface area contributed by atoms with Gasteiger partial charge in [0.05, 0.1) is 6.10 Å². The minimum atomic E-state index is -0.454. The average Bonchev–Trinajstić information content (AvgIpc) is 2.48. The molecule has 88 valence electrons. The number of rotatable bonds is 2. The van der Waals surface area contributed by atoms with E-state index in [1.165, 1.54) is 0 Å². The second-order valence-electron chi connectivity index (χ2n) is 4.71. The predicted molar refractivity (Wildman–Crippen MR) is 56.4 cm³/mol. The molecule has 0 aromatic carbocycles. The van der Waals surface area contributed by atoms with Crippen molar-refractivity contribution in [3.63, 3.8) is 0 Å². The number of hydrogen-bond donors (Lipinski definition) is 1. The Labute approximate surface area is 90.7 Å². The van der Waals surface area contributed by atoms with Gasteiger partial charge in [0.25, 0.3) is 0 Å². The minimum absolute atomic E-state index is 0.208. The molecule has 1 atom stereocenters. The van der Waals surface area contributed by atoms with Crippen molar-refractivity contribution in [2.75, 3.05) is 20.2 Å². The largest absolute Gasteiger partial charge is 0.443 e. The molecule has 5 heteroatoms. The lowest BCUT2D eigenvalue weighted by molar-refractivity contribution is 0.0331. The van der Waals surface area contributed by atoms with E-state index in [1.807, 2.05) is 25.8 Å². The van der Waals surface area contributed by atoms with Crippen LogP contribution in [0, 0.1) is 0 Å². The van der Waals surface area contributed by atoms with E-state index < -0.39 is 11.7 Å². The van der Waals surface area contributed by atoms with E-state index in [9.17, 15) is 4.79 Å². The molecule has 5 nitrogen and oxygen atoms in total. The van der Waals surface area contributed by atoms with E-state index in [0.717, 1.165) is 19.5 Å². The molecular weight excluding hydrogens is 196 g/mol. The van der Waals surface area contributed by atoms with Crippen molar-refractivity contribution >= 4 is 6.09 Å². The third-order valence-corrected chi connectivity index (χ3v) is 2.13. The SMILES string of the molecule is COC1CCN(NC(=O)OC(C)(C)C)C1. The third-order valence-electron chi connectivity index (χ3n) is 2.13. The molecule has 0 spiro atoms. The zero-order valence-electron chi connectivity index (χ0n) is 9.87. The van der Waals surface area contributed by atoms with Gasteiger partial charge in [-0.05, 0) is 27.2 Å². The Morgan fingerprint density at radius 3 is 2.60 bits per heavy atom. The van der Waals surface area contributed by atoms with Crippen LogP contribution >= 0.6 is 0 Å². The van der Waals surface area contributed by atoms with Gasteiger partial charge in [-0.15, -0.1) is 0 Å². The van der Waals surface area contributed by atoms with Gasteiger partial charge < -0.3 is 9.47 Å². The summed E-state index contributed by atoms with van der Waals surface area (Å²) in [4.78, 5) is 11.4. The highest BCUT2D eigenvalue weighted by Gasteiger charge is 2.25. The molecule has 1 unspecified atom stereocenters. The number of ether oxygens (including phenoxy) is 2. The molecular formula is C10H20N2O3. The van der Waals surface area contributed by atoms with Crippen molar-refractivity contribution in [1.82, 2.24) is 10.4 Å². The molecule has 0 radical (unpaired) electrons. The van der Waals surface area contributed by atoms with Gasteiger partial charge in [-0.2, -0.15) is 0 Å². The van der Waals surface area contributed by atoms with E-state index in [1.54, 1.807) is 7.11 Å². The molecule has 15 heavy (non-hydrogen) atoms. The number of methoxy groups -OCH3 is 1. The molecule has 1 heterocycles. The maximum absolute atomic E-state index is 11.4. The van der Waals surface area contributed by atoms with Crippen LogP contribution in [0.15, 0.2) is 0 Å². The van der Waals surface area contributed by atoms with Crippen LogP contribution in [0.2, 0.25) is 0 Å². The van der Waals surface area contributed by atoms with E-state index in [4.69, 9.17) is 9.47 Å². The topological polar surface area (TPSA) is 50.8 Å². The van der Waals surface area contributed by atoms with Crippen molar-refractivity contribution in [3.8, 4) is 0 Å². The fraction of sp³-hybridized carbons (Fsp3) is 0.900. The Kier molecular flexibility index (Phi) is 3.93. The van der Waals surface area contributed by atoms with Gasteiger partial charge >= 0.3 is 6.09 Å². The summed E-state index contributed by atoms with van der Waals surface area (Å²) in [5.41, 5.74) is 2.24. The molecule has 0 aliphatic carbocycles. The summed E-state index contributed by atoms with van der Waals surface area (Å²) in [6, 6.07) is 0. The highest BCUT2D eigenvalue weighted by molar-refractivity contribution is 5.67. The molecule has 1 rings (SSSR count). The van der Waals surface area contributed by atoms with Gasteiger partial charge in [-0.25, -0.2) is 9.80 Å². The van der Waals surface area contributed by atoms with Gasteiger partial charge in [0.1, 0.15) is 5.60 Å². The van der Waals surface area contributed by atoms with E-state index in [-0.39, 0.29) is 6.10 Å². The first kappa shape index (κ1) is 12.3. The molecule has 0 aromatic rings. The molecule has 0 saturated carbocycles. The number of amides is 1. The van der Waals surface area contributed by atoms with E-state index in [0.29, 0.717) is 0 Å². The Bertz CT molecular complexity index is 225. The number of nitrogens with one attached hydrogen (secondary N) is 1. The molecule has 1 saturated heterocycles. The predicted octanol–water partition coefficient (Wildman–Crippen LogP) is 1.15. The van der Waals surface area contributed by atoms with Gasteiger partial charge in [-0.1, -0.05) is 0 Å². The van der Waals surface area contributed by atoms with Crippen LogP contribution in [0.4, 0.5) is 4.79 Å². The molecule has 1 amide bonds. The zero-order valence-corrected chi connectivity index (χ0v) is 9.87. The number of hydrazine groups is 1. The molecule has 0 bridgehead atoms. The van der Waals surface area contributed by atoms with Crippen LogP contribution in [0.1, 0.15) is 27.2 Å². The van der Waals surface area contributed by atoms with Crippen molar-refractivity contribution in [3.05, 3.63) is 0 Å². The van der Waals surface area contributed by atoms with Crippen molar-refractivity contribution in [2.45, 2.75) is 38.9 Å². The second kappa shape index (κ2) is 4.81. The average molecular weight is 216 g/mol. The lowest BCUT2D eigenvalue weighted by Crippen LogP contribution is -2.43. The quantitative estimate of drug-likeness (QED) is 0.752. The van der Waals surface area contributed by atoms with Crippen molar-refractivity contribution in [1.29, 1.82) is 0 Å². The fourth-order valence-electron chi connectivity index (χ4n) is 1.45. The van der Waals surface area contributed by atoms with Crippen LogP contribution in [-0.4, -0.2) is 43.0 Å². The summed E-state index contributed by atoms with van der Waals surface area (Å²) in [7, 11) is 1.68. The van der Waals surface area contributed by atoms with Crippen LogP contribution in [0.25, 0.3) is 0 Å². The van der Waals surface area contributed by atoms with E-state index >= 15 is 0 Å². The van der Waals surface area contributed by atoms with Gasteiger partial charge in [0.15, 0.2) is 0 Å². The monoisotopic (exact) mass is 216 g/mol. The second-order valence-corrected chi connectivity index (χ2v) is 4.71. The summed E-state index contributed by atoms with van der Waals surface area (Å²) >= 11 is 0. The normalized spacial score (nSPS) is 22.8. The Morgan fingerprint density at radius 2 is 2.13 bits per heavy atom. The molecule has 1 fully saturated rings.